The third kappa shape index (κ3) is 3.02. The second-order valence-corrected chi connectivity index (χ2v) is 6.09. The normalized spacial score (nSPS) is 17.7. The first-order valence-electron chi connectivity index (χ1n) is 6.80. The maximum absolute atomic E-state index is 12.4. The molecular formula is C14H21BrN2O. The molecule has 100 valence electrons. The minimum Gasteiger partial charge on any atom is -0.299 e. The van der Waals surface area contributed by atoms with Crippen LogP contribution in [0.1, 0.15) is 49.9 Å². The molecular weight excluding hydrogens is 292 g/mol. The van der Waals surface area contributed by atoms with Crippen molar-refractivity contribution in [3.8, 4) is 0 Å². The first-order valence-corrected chi connectivity index (χ1v) is 7.59. The highest BCUT2D eigenvalue weighted by Crippen LogP contribution is 2.27. The van der Waals surface area contributed by atoms with E-state index in [0.717, 1.165) is 28.7 Å². The Labute approximate surface area is 117 Å². The molecule has 0 bridgehead atoms. The highest BCUT2D eigenvalue weighted by atomic mass is 79.9. The van der Waals surface area contributed by atoms with Crippen molar-refractivity contribution in [3.05, 3.63) is 15.9 Å². The van der Waals surface area contributed by atoms with E-state index in [4.69, 9.17) is 0 Å². The number of aromatic nitrogens is 2. The maximum atomic E-state index is 12.4. The number of carbonyl (C=O) groups excluding carboxylic acids is 1. The molecule has 1 fully saturated rings. The van der Waals surface area contributed by atoms with Crippen LogP contribution in [-0.2, 0) is 18.3 Å². The molecule has 1 saturated carbocycles. The van der Waals surface area contributed by atoms with E-state index in [9.17, 15) is 4.79 Å². The Morgan fingerprint density at radius 3 is 2.44 bits per heavy atom. The van der Waals surface area contributed by atoms with E-state index in [1.807, 2.05) is 18.7 Å². The number of hydrogen-bond donors (Lipinski definition) is 0. The average molecular weight is 313 g/mol. The fourth-order valence-electron chi connectivity index (χ4n) is 2.78. The molecule has 0 unspecified atom stereocenters. The van der Waals surface area contributed by atoms with Gasteiger partial charge in [-0.05, 0) is 35.7 Å². The Hall–Kier alpha value is -0.640. The number of aryl methyl sites for hydroxylation is 2. The summed E-state index contributed by atoms with van der Waals surface area (Å²) in [4.78, 5) is 12.4. The molecule has 1 aliphatic rings. The summed E-state index contributed by atoms with van der Waals surface area (Å²) in [6, 6.07) is 0. The van der Waals surface area contributed by atoms with Crippen LogP contribution in [0.3, 0.4) is 0 Å². The predicted molar refractivity (Wildman–Crippen MR) is 75.5 cm³/mol. The minimum atomic E-state index is 0.273. The predicted octanol–water partition coefficient (Wildman–Crippen LogP) is 3.57. The van der Waals surface area contributed by atoms with E-state index < -0.39 is 0 Å². The molecule has 3 nitrogen and oxygen atoms in total. The van der Waals surface area contributed by atoms with Crippen LogP contribution in [-0.4, -0.2) is 15.6 Å². The fourth-order valence-corrected chi connectivity index (χ4v) is 3.26. The molecule has 0 saturated heterocycles. The molecule has 0 atom stereocenters. The SMILES string of the molecule is Cc1nn(C)c(CC(=O)C2CCCCCC2)c1Br. The lowest BCUT2D eigenvalue weighted by Crippen LogP contribution is -2.18. The molecule has 1 aliphatic carbocycles. The monoisotopic (exact) mass is 312 g/mol. The van der Waals surface area contributed by atoms with Crippen LogP contribution in [0.2, 0.25) is 0 Å². The van der Waals surface area contributed by atoms with Gasteiger partial charge in [-0.25, -0.2) is 0 Å². The zero-order valence-electron chi connectivity index (χ0n) is 11.2. The van der Waals surface area contributed by atoms with Crippen LogP contribution in [0, 0.1) is 12.8 Å². The van der Waals surface area contributed by atoms with Crippen LogP contribution in [0.4, 0.5) is 0 Å². The van der Waals surface area contributed by atoms with Crippen molar-refractivity contribution in [2.75, 3.05) is 0 Å². The molecule has 1 aromatic heterocycles. The van der Waals surface area contributed by atoms with Crippen molar-refractivity contribution in [2.24, 2.45) is 13.0 Å². The van der Waals surface area contributed by atoms with Crippen molar-refractivity contribution < 1.29 is 4.79 Å². The number of rotatable bonds is 3. The molecule has 0 N–H and O–H groups in total. The third-order valence-electron chi connectivity index (χ3n) is 3.91. The number of Topliss-reactive ketones (excluding diaryl/α,β-unsaturated/α-hetero) is 1. The third-order valence-corrected chi connectivity index (χ3v) is 4.95. The molecule has 0 aromatic carbocycles. The van der Waals surface area contributed by atoms with Gasteiger partial charge in [-0.2, -0.15) is 5.10 Å². The Morgan fingerprint density at radius 2 is 1.94 bits per heavy atom. The first-order chi connectivity index (χ1) is 8.59. The summed E-state index contributed by atoms with van der Waals surface area (Å²) in [5, 5.41) is 4.34. The number of ketones is 1. The molecule has 1 heterocycles. The second-order valence-electron chi connectivity index (χ2n) is 5.30. The van der Waals surface area contributed by atoms with Crippen LogP contribution in [0.5, 0.6) is 0 Å². The van der Waals surface area contributed by atoms with Gasteiger partial charge in [0.1, 0.15) is 5.78 Å². The molecule has 0 spiro atoms. The summed E-state index contributed by atoms with van der Waals surface area (Å²) in [7, 11) is 1.91. The average Bonchev–Trinajstić information content (AvgIpc) is 2.58. The lowest BCUT2D eigenvalue weighted by atomic mass is 9.93. The maximum Gasteiger partial charge on any atom is 0.141 e. The van der Waals surface area contributed by atoms with Crippen molar-refractivity contribution in [3.63, 3.8) is 0 Å². The smallest absolute Gasteiger partial charge is 0.141 e. The van der Waals surface area contributed by atoms with Crippen molar-refractivity contribution >= 4 is 21.7 Å². The quantitative estimate of drug-likeness (QED) is 0.800. The van der Waals surface area contributed by atoms with Gasteiger partial charge in [-0.1, -0.05) is 25.7 Å². The highest BCUT2D eigenvalue weighted by molar-refractivity contribution is 9.10. The Morgan fingerprint density at radius 1 is 1.33 bits per heavy atom. The summed E-state index contributed by atoms with van der Waals surface area (Å²) in [6.45, 7) is 1.96. The van der Waals surface area contributed by atoms with Crippen LogP contribution >= 0.6 is 15.9 Å². The van der Waals surface area contributed by atoms with E-state index >= 15 is 0 Å². The van der Waals surface area contributed by atoms with E-state index in [-0.39, 0.29) is 5.92 Å². The van der Waals surface area contributed by atoms with Gasteiger partial charge in [0.2, 0.25) is 0 Å². The molecule has 4 heteroatoms. The van der Waals surface area contributed by atoms with Gasteiger partial charge in [0, 0.05) is 19.4 Å². The van der Waals surface area contributed by atoms with Crippen LogP contribution in [0.15, 0.2) is 4.47 Å². The highest BCUT2D eigenvalue weighted by Gasteiger charge is 2.22. The van der Waals surface area contributed by atoms with Gasteiger partial charge >= 0.3 is 0 Å². The van der Waals surface area contributed by atoms with Crippen molar-refractivity contribution in [2.45, 2.75) is 51.9 Å². The van der Waals surface area contributed by atoms with Gasteiger partial charge in [0.15, 0.2) is 0 Å². The Balaban J connectivity index is 2.06. The minimum absolute atomic E-state index is 0.273. The zero-order valence-corrected chi connectivity index (χ0v) is 12.8. The summed E-state index contributed by atoms with van der Waals surface area (Å²) in [5.74, 6) is 0.662. The second kappa shape index (κ2) is 6.00. The lowest BCUT2D eigenvalue weighted by molar-refractivity contribution is -0.122. The van der Waals surface area contributed by atoms with Gasteiger partial charge in [-0.3, -0.25) is 9.48 Å². The summed E-state index contributed by atoms with van der Waals surface area (Å²) in [6.07, 6.45) is 7.67. The van der Waals surface area contributed by atoms with E-state index in [1.54, 1.807) is 0 Å². The molecule has 18 heavy (non-hydrogen) atoms. The topological polar surface area (TPSA) is 34.9 Å². The number of nitrogens with zero attached hydrogens (tertiary/aromatic N) is 2. The molecule has 1 aromatic rings. The van der Waals surface area contributed by atoms with Gasteiger partial charge in [0.05, 0.1) is 15.9 Å². The standard InChI is InChI=1S/C14H21BrN2O/c1-10-14(15)12(17(2)16-10)9-13(18)11-7-5-3-4-6-8-11/h11H,3-9H2,1-2H3. The summed E-state index contributed by atoms with van der Waals surface area (Å²) < 4.78 is 2.82. The van der Waals surface area contributed by atoms with Crippen LogP contribution in [0.25, 0.3) is 0 Å². The Kier molecular flexibility index (Phi) is 4.60. The van der Waals surface area contributed by atoms with Gasteiger partial charge < -0.3 is 0 Å². The summed E-state index contributed by atoms with van der Waals surface area (Å²) in [5.41, 5.74) is 1.97. The zero-order chi connectivity index (χ0) is 13.1. The lowest BCUT2D eigenvalue weighted by Gasteiger charge is -2.12. The van der Waals surface area contributed by atoms with Gasteiger partial charge in [-0.15, -0.1) is 0 Å². The van der Waals surface area contributed by atoms with Crippen molar-refractivity contribution in [1.82, 2.24) is 9.78 Å². The van der Waals surface area contributed by atoms with Gasteiger partial charge in [0.25, 0.3) is 0 Å². The first kappa shape index (κ1) is 13.8. The van der Waals surface area contributed by atoms with E-state index in [1.165, 1.54) is 25.7 Å². The van der Waals surface area contributed by atoms with E-state index in [0.29, 0.717) is 12.2 Å². The van der Waals surface area contributed by atoms with Crippen LogP contribution < -0.4 is 0 Å². The number of hydrogen-bond acceptors (Lipinski definition) is 2. The molecule has 2 rings (SSSR count). The number of halogens is 1. The largest absolute Gasteiger partial charge is 0.299 e. The molecule has 0 aliphatic heterocycles. The molecule has 0 radical (unpaired) electrons. The van der Waals surface area contributed by atoms with E-state index in [2.05, 4.69) is 21.0 Å². The molecule has 0 amide bonds. The Bertz CT molecular complexity index is 431. The summed E-state index contributed by atoms with van der Waals surface area (Å²) >= 11 is 3.53. The number of carbonyl (C=O) groups is 1. The van der Waals surface area contributed by atoms with Crippen molar-refractivity contribution in [1.29, 1.82) is 0 Å². The fraction of sp³-hybridized carbons (Fsp3) is 0.714.